The second-order valence-electron chi connectivity index (χ2n) is 5.89. The van der Waals surface area contributed by atoms with Crippen molar-refractivity contribution in [3.8, 4) is 0 Å². The largest absolute Gasteiger partial charge is 0.465 e. The van der Waals surface area contributed by atoms with Gasteiger partial charge in [0.25, 0.3) is 0 Å². The van der Waals surface area contributed by atoms with Crippen LogP contribution in [0.2, 0.25) is 0 Å². The number of carbonyl (C=O) groups is 1. The van der Waals surface area contributed by atoms with Crippen molar-refractivity contribution >= 4 is 16.0 Å². The first kappa shape index (κ1) is 16.4. The summed E-state index contributed by atoms with van der Waals surface area (Å²) >= 11 is 0. The van der Waals surface area contributed by atoms with Crippen LogP contribution in [0.4, 0.5) is 4.39 Å². The fraction of sp³-hybridized carbons (Fsp3) is 0.533. The van der Waals surface area contributed by atoms with Gasteiger partial charge in [-0.1, -0.05) is 6.07 Å². The number of nitrogens with zero attached hydrogens (tertiary/aromatic N) is 1. The van der Waals surface area contributed by atoms with E-state index >= 15 is 0 Å². The molecule has 6 nitrogen and oxygen atoms in total. The summed E-state index contributed by atoms with van der Waals surface area (Å²) in [6.07, 6.45) is 2.67. The molecule has 1 N–H and O–H groups in total. The summed E-state index contributed by atoms with van der Waals surface area (Å²) in [4.78, 5) is 11.5. The molecule has 0 spiro atoms. The molecule has 2 saturated heterocycles. The Kier molecular flexibility index (Phi) is 4.39. The second-order valence-corrected chi connectivity index (χ2v) is 7.80. The Morgan fingerprint density at radius 2 is 2.04 bits per heavy atom. The lowest BCUT2D eigenvalue weighted by Gasteiger charge is -2.24. The van der Waals surface area contributed by atoms with Gasteiger partial charge in [-0.05, 0) is 31.4 Å². The lowest BCUT2D eigenvalue weighted by molar-refractivity contribution is 0.0590. The van der Waals surface area contributed by atoms with Crippen LogP contribution in [0.5, 0.6) is 0 Å². The van der Waals surface area contributed by atoms with E-state index in [0.29, 0.717) is 25.6 Å². The van der Waals surface area contributed by atoms with Crippen molar-refractivity contribution < 1.29 is 22.3 Å². The number of nitrogens with one attached hydrogen (secondary N) is 1. The summed E-state index contributed by atoms with van der Waals surface area (Å²) in [5.41, 5.74) is -0.530. The van der Waals surface area contributed by atoms with Crippen LogP contribution in [0, 0.1) is 5.82 Å². The molecule has 0 aliphatic carbocycles. The van der Waals surface area contributed by atoms with E-state index in [9.17, 15) is 17.6 Å². The van der Waals surface area contributed by atoms with Crippen LogP contribution in [0.25, 0.3) is 0 Å². The molecule has 1 aromatic carbocycles. The smallest absolute Gasteiger partial charge is 0.342 e. The Hall–Kier alpha value is -1.51. The zero-order valence-corrected chi connectivity index (χ0v) is 13.6. The van der Waals surface area contributed by atoms with E-state index in [1.807, 2.05) is 0 Å². The molecular formula is C15H19FN2O4S. The Bertz CT molecular complexity index is 722. The van der Waals surface area contributed by atoms with Gasteiger partial charge >= 0.3 is 5.97 Å². The van der Waals surface area contributed by atoms with Gasteiger partial charge in [-0.25, -0.2) is 17.6 Å². The molecule has 23 heavy (non-hydrogen) atoms. The summed E-state index contributed by atoms with van der Waals surface area (Å²) in [7, 11) is -2.87. The lowest BCUT2D eigenvalue weighted by Crippen LogP contribution is -2.39. The van der Waals surface area contributed by atoms with Gasteiger partial charge in [0.2, 0.25) is 10.0 Å². The Labute approximate surface area is 134 Å². The number of hydrogen-bond donors (Lipinski definition) is 1. The minimum Gasteiger partial charge on any atom is -0.465 e. The number of fused-ring (bicyclic) bond motifs is 2. The average molecular weight is 342 g/mol. The molecule has 2 heterocycles. The maximum absolute atomic E-state index is 14.0. The third-order valence-corrected chi connectivity index (χ3v) is 6.38. The van der Waals surface area contributed by atoms with E-state index in [-0.39, 0.29) is 10.9 Å². The van der Waals surface area contributed by atoms with E-state index in [1.165, 1.54) is 16.4 Å². The van der Waals surface area contributed by atoms with Crippen molar-refractivity contribution in [3.05, 3.63) is 29.6 Å². The van der Waals surface area contributed by atoms with Gasteiger partial charge in [0, 0.05) is 25.2 Å². The molecule has 0 radical (unpaired) electrons. The number of halogens is 1. The van der Waals surface area contributed by atoms with Gasteiger partial charge in [-0.15, -0.1) is 0 Å². The van der Waals surface area contributed by atoms with Crippen LogP contribution in [0.1, 0.15) is 29.6 Å². The molecule has 8 heteroatoms. The third-order valence-electron chi connectivity index (χ3n) is 4.47. The van der Waals surface area contributed by atoms with Crippen molar-refractivity contribution in [2.45, 2.75) is 36.2 Å². The molecule has 2 aliphatic heterocycles. The highest BCUT2D eigenvalue weighted by Gasteiger charge is 2.37. The number of sulfonamides is 1. The number of esters is 1. The molecule has 1 aromatic rings. The van der Waals surface area contributed by atoms with Gasteiger partial charge in [0.05, 0.1) is 12.0 Å². The first-order chi connectivity index (χ1) is 10.9. The number of ether oxygens (including phenoxy) is 1. The van der Waals surface area contributed by atoms with Crippen LogP contribution in [-0.4, -0.2) is 51.0 Å². The van der Waals surface area contributed by atoms with Crippen molar-refractivity contribution in [2.24, 2.45) is 0 Å². The topological polar surface area (TPSA) is 75.7 Å². The summed E-state index contributed by atoms with van der Waals surface area (Å²) in [5, 5.41) is 3.39. The number of benzene rings is 1. The van der Waals surface area contributed by atoms with Crippen molar-refractivity contribution in [1.29, 1.82) is 0 Å². The van der Waals surface area contributed by atoms with Crippen molar-refractivity contribution in [1.82, 2.24) is 9.62 Å². The Morgan fingerprint density at radius 3 is 2.78 bits per heavy atom. The molecule has 2 unspecified atom stereocenters. The average Bonchev–Trinajstić information content (AvgIpc) is 2.84. The molecule has 0 amide bonds. The summed E-state index contributed by atoms with van der Waals surface area (Å²) in [5.74, 6) is -1.89. The van der Waals surface area contributed by atoms with E-state index in [1.54, 1.807) is 0 Å². The zero-order valence-electron chi connectivity index (χ0n) is 12.8. The molecule has 2 fully saturated rings. The van der Waals surface area contributed by atoms with Crippen molar-refractivity contribution in [3.63, 3.8) is 0 Å². The predicted molar refractivity (Wildman–Crippen MR) is 81.1 cm³/mol. The first-order valence-corrected chi connectivity index (χ1v) is 9.00. The van der Waals surface area contributed by atoms with Gasteiger partial charge in [-0.2, -0.15) is 4.31 Å². The third kappa shape index (κ3) is 2.98. The van der Waals surface area contributed by atoms with Crippen LogP contribution in [0.15, 0.2) is 23.1 Å². The number of hydrogen-bond acceptors (Lipinski definition) is 5. The van der Waals surface area contributed by atoms with Crippen LogP contribution in [0.3, 0.4) is 0 Å². The zero-order chi connectivity index (χ0) is 16.6. The Morgan fingerprint density at radius 1 is 1.30 bits per heavy atom. The molecule has 126 valence electrons. The fourth-order valence-electron chi connectivity index (χ4n) is 3.29. The molecule has 0 saturated carbocycles. The highest BCUT2D eigenvalue weighted by molar-refractivity contribution is 7.89. The maximum Gasteiger partial charge on any atom is 0.342 e. The minimum absolute atomic E-state index is 0.104. The minimum atomic E-state index is -3.96. The highest BCUT2D eigenvalue weighted by atomic mass is 32.2. The molecule has 2 atom stereocenters. The molecule has 2 aliphatic rings. The van der Waals surface area contributed by atoms with Crippen molar-refractivity contribution in [2.75, 3.05) is 20.2 Å². The molecule has 2 bridgehead atoms. The highest BCUT2D eigenvalue weighted by Crippen LogP contribution is 2.28. The van der Waals surface area contributed by atoms with E-state index in [0.717, 1.165) is 26.0 Å². The number of carbonyl (C=O) groups excluding carboxylic acids is 1. The van der Waals surface area contributed by atoms with Gasteiger partial charge < -0.3 is 10.1 Å². The SMILES string of the molecule is COC(=O)c1c(F)cccc1S(=O)(=O)N1CCC2CCC(C1)N2. The van der Waals surface area contributed by atoms with E-state index in [4.69, 9.17) is 0 Å². The summed E-state index contributed by atoms with van der Waals surface area (Å²) < 4.78 is 45.8. The normalized spacial score (nSPS) is 25.1. The first-order valence-electron chi connectivity index (χ1n) is 7.56. The quantitative estimate of drug-likeness (QED) is 0.834. The summed E-state index contributed by atoms with van der Waals surface area (Å²) in [6, 6.07) is 4.02. The maximum atomic E-state index is 14.0. The second kappa shape index (κ2) is 6.18. The molecule has 3 rings (SSSR count). The van der Waals surface area contributed by atoms with Crippen LogP contribution >= 0.6 is 0 Å². The standard InChI is InChI=1S/C15H19FN2O4S/c1-22-15(19)14-12(16)3-2-4-13(14)23(20,21)18-8-7-10-5-6-11(9-18)17-10/h2-4,10-11,17H,5-9H2,1H3. The van der Waals surface area contributed by atoms with Crippen LogP contribution < -0.4 is 5.32 Å². The van der Waals surface area contributed by atoms with Gasteiger partial charge in [0.1, 0.15) is 11.4 Å². The van der Waals surface area contributed by atoms with Gasteiger partial charge in [0.15, 0.2) is 0 Å². The fourth-order valence-corrected chi connectivity index (χ4v) is 4.98. The monoisotopic (exact) mass is 342 g/mol. The number of rotatable bonds is 3. The van der Waals surface area contributed by atoms with Crippen LogP contribution in [-0.2, 0) is 14.8 Å². The predicted octanol–water partition coefficient (Wildman–Crippen LogP) is 1.13. The number of methoxy groups -OCH3 is 1. The molecule has 0 aromatic heterocycles. The van der Waals surface area contributed by atoms with E-state index < -0.39 is 27.4 Å². The Balaban J connectivity index is 2.00. The lowest BCUT2D eigenvalue weighted by atomic mass is 10.1. The molecular weight excluding hydrogens is 323 g/mol. The van der Waals surface area contributed by atoms with Gasteiger partial charge in [-0.3, -0.25) is 0 Å². The summed E-state index contributed by atoms with van der Waals surface area (Å²) in [6.45, 7) is 0.684. The van der Waals surface area contributed by atoms with E-state index in [2.05, 4.69) is 10.1 Å².